The van der Waals surface area contributed by atoms with Crippen LogP contribution in [0.2, 0.25) is 0 Å². The van der Waals surface area contributed by atoms with E-state index in [1.54, 1.807) is 0 Å². The quantitative estimate of drug-likeness (QED) is 0.624. The first kappa shape index (κ1) is 17.8. The molecule has 1 fully saturated rings. The predicted molar refractivity (Wildman–Crippen MR) is 97.8 cm³/mol. The van der Waals surface area contributed by atoms with E-state index < -0.39 is 0 Å². The van der Waals surface area contributed by atoms with Gasteiger partial charge in [0.15, 0.2) is 5.96 Å². The normalized spacial score (nSPS) is 22.0. The minimum atomic E-state index is 0.582. The summed E-state index contributed by atoms with van der Waals surface area (Å²) in [5.41, 5.74) is 2.58. The van der Waals surface area contributed by atoms with Crippen molar-refractivity contribution in [3.05, 3.63) is 29.6 Å². The number of hydrogen-bond donors (Lipinski definition) is 2. The fourth-order valence-corrected chi connectivity index (χ4v) is 3.30. The Hall–Kier alpha value is -1.58. The van der Waals surface area contributed by atoms with E-state index in [0.29, 0.717) is 6.04 Å². The van der Waals surface area contributed by atoms with E-state index in [-0.39, 0.29) is 0 Å². The second-order valence-electron chi connectivity index (χ2n) is 6.58. The molecule has 1 heterocycles. The van der Waals surface area contributed by atoms with Gasteiger partial charge in [0, 0.05) is 31.5 Å². The van der Waals surface area contributed by atoms with Crippen LogP contribution in [0.1, 0.15) is 57.1 Å². The molecule has 0 unspecified atom stereocenters. The number of guanidine groups is 1. The molecule has 1 aliphatic rings. The molecule has 4 nitrogen and oxygen atoms in total. The van der Waals surface area contributed by atoms with Gasteiger partial charge in [0.2, 0.25) is 0 Å². The van der Waals surface area contributed by atoms with Gasteiger partial charge in [0.05, 0.1) is 0 Å². The van der Waals surface area contributed by atoms with Gasteiger partial charge in [-0.1, -0.05) is 13.3 Å². The number of aliphatic imine (C=N–C) groups is 1. The first-order valence-electron chi connectivity index (χ1n) is 9.17. The summed E-state index contributed by atoms with van der Waals surface area (Å²) in [6.45, 7) is 8.26. The van der Waals surface area contributed by atoms with E-state index in [9.17, 15) is 0 Å². The molecule has 1 aliphatic carbocycles. The Bertz CT molecular complexity index is 490. The van der Waals surface area contributed by atoms with Crippen LogP contribution >= 0.6 is 0 Å². The summed E-state index contributed by atoms with van der Waals surface area (Å²) in [6, 6.07) is 2.68. The Kier molecular flexibility index (Phi) is 7.37. The van der Waals surface area contributed by atoms with Gasteiger partial charge in [-0.25, -0.2) is 0 Å². The zero-order valence-corrected chi connectivity index (χ0v) is 14.9. The third-order valence-corrected chi connectivity index (χ3v) is 4.90. The van der Waals surface area contributed by atoms with Crippen molar-refractivity contribution in [2.24, 2.45) is 10.9 Å². The Labute approximate surface area is 141 Å². The maximum Gasteiger partial charge on any atom is 0.191 e. The molecule has 1 saturated carbocycles. The van der Waals surface area contributed by atoms with Crippen LogP contribution in [0.4, 0.5) is 0 Å². The molecule has 1 aromatic heterocycles. The maximum atomic E-state index is 4.76. The fourth-order valence-electron chi connectivity index (χ4n) is 3.30. The molecule has 0 aromatic carbocycles. The Balaban J connectivity index is 1.84. The maximum absolute atomic E-state index is 4.76. The van der Waals surface area contributed by atoms with Gasteiger partial charge in [-0.3, -0.25) is 9.98 Å². The summed E-state index contributed by atoms with van der Waals surface area (Å²) in [5.74, 6) is 1.90. The highest BCUT2D eigenvalue weighted by atomic mass is 15.2. The molecule has 2 rings (SSSR count). The third-order valence-electron chi connectivity index (χ3n) is 4.90. The highest BCUT2D eigenvalue weighted by molar-refractivity contribution is 5.80. The summed E-state index contributed by atoms with van der Waals surface area (Å²) in [4.78, 5) is 8.90. The lowest BCUT2D eigenvalue weighted by Gasteiger charge is -2.29. The molecular formula is C19H32N4. The highest BCUT2D eigenvalue weighted by Crippen LogP contribution is 2.26. The zero-order valence-electron chi connectivity index (χ0n) is 14.9. The van der Waals surface area contributed by atoms with Crippen LogP contribution in [0.5, 0.6) is 0 Å². The zero-order chi connectivity index (χ0) is 16.5. The number of rotatable bonds is 6. The molecule has 0 saturated heterocycles. The van der Waals surface area contributed by atoms with E-state index in [0.717, 1.165) is 31.4 Å². The standard InChI is InChI=1S/C19H32N4/c1-4-16-6-8-18(9-7-16)23-19(21-5-2)22-13-11-17-10-12-20-14-15(17)3/h10,12,14,16,18H,4-9,11,13H2,1-3H3,(H2,21,22,23). The van der Waals surface area contributed by atoms with Crippen molar-refractivity contribution in [3.63, 3.8) is 0 Å². The minimum Gasteiger partial charge on any atom is -0.357 e. The number of nitrogens with one attached hydrogen (secondary N) is 2. The molecule has 1 aromatic rings. The molecule has 0 radical (unpaired) electrons. The van der Waals surface area contributed by atoms with Crippen molar-refractivity contribution in [1.29, 1.82) is 0 Å². The lowest BCUT2D eigenvalue weighted by atomic mass is 9.84. The fraction of sp³-hybridized carbons (Fsp3) is 0.684. The van der Waals surface area contributed by atoms with E-state index in [1.165, 1.54) is 43.2 Å². The summed E-state index contributed by atoms with van der Waals surface area (Å²) in [6.07, 6.45) is 11.3. The topological polar surface area (TPSA) is 49.3 Å². The summed E-state index contributed by atoms with van der Waals surface area (Å²) >= 11 is 0. The highest BCUT2D eigenvalue weighted by Gasteiger charge is 2.20. The molecule has 0 bridgehead atoms. The SMILES string of the molecule is CCNC(=NCCc1ccncc1C)NC1CCC(CC)CC1. The summed E-state index contributed by atoms with van der Waals surface area (Å²) < 4.78 is 0. The number of nitrogens with zero attached hydrogens (tertiary/aromatic N) is 2. The lowest BCUT2D eigenvalue weighted by Crippen LogP contribution is -2.45. The van der Waals surface area contributed by atoms with Gasteiger partial charge in [-0.15, -0.1) is 0 Å². The van der Waals surface area contributed by atoms with Crippen LogP contribution in [-0.2, 0) is 6.42 Å². The molecule has 0 amide bonds. The molecule has 2 N–H and O–H groups in total. The van der Waals surface area contributed by atoms with Crippen LogP contribution in [0.3, 0.4) is 0 Å². The van der Waals surface area contributed by atoms with Crippen LogP contribution in [0, 0.1) is 12.8 Å². The predicted octanol–water partition coefficient (Wildman–Crippen LogP) is 3.46. The second kappa shape index (κ2) is 9.53. The van der Waals surface area contributed by atoms with Gasteiger partial charge in [-0.05, 0) is 69.1 Å². The van der Waals surface area contributed by atoms with Gasteiger partial charge in [-0.2, -0.15) is 0 Å². The van der Waals surface area contributed by atoms with E-state index in [2.05, 4.69) is 42.5 Å². The Morgan fingerprint density at radius 2 is 2.04 bits per heavy atom. The van der Waals surface area contributed by atoms with Crippen LogP contribution < -0.4 is 10.6 Å². The monoisotopic (exact) mass is 316 g/mol. The molecule has 128 valence electrons. The molecular weight excluding hydrogens is 284 g/mol. The molecule has 0 aliphatic heterocycles. The smallest absolute Gasteiger partial charge is 0.191 e. The average Bonchev–Trinajstić information content (AvgIpc) is 2.57. The first-order valence-corrected chi connectivity index (χ1v) is 9.17. The molecule has 0 atom stereocenters. The number of hydrogen-bond acceptors (Lipinski definition) is 2. The number of aryl methyl sites for hydroxylation is 1. The Morgan fingerprint density at radius 3 is 2.70 bits per heavy atom. The molecule has 4 heteroatoms. The minimum absolute atomic E-state index is 0.582. The van der Waals surface area contributed by atoms with E-state index in [1.807, 2.05) is 12.4 Å². The van der Waals surface area contributed by atoms with Gasteiger partial charge in [0.25, 0.3) is 0 Å². The number of aromatic nitrogens is 1. The number of pyridine rings is 1. The molecule has 0 spiro atoms. The van der Waals surface area contributed by atoms with E-state index in [4.69, 9.17) is 4.99 Å². The average molecular weight is 316 g/mol. The lowest BCUT2D eigenvalue weighted by molar-refractivity contribution is 0.304. The van der Waals surface area contributed by atoms with Crippen LogP contribution in [0.15, 0.2) is 23.5 Å². The van der Waals surface area contributed by atoms with Crippen LogP contribution in [-0.4, -0.2) is 30.1 Å². The van der Waals surface area contributed by atoms with Gasteiger partial charge in [0.1, 0.15) is 0 Å². The van der Waals surface area contributed by atoms with Gasteiger partial charge >= 0.3 is 0 Å². The van der Waals surface area contributed by atoms with Gasteiger partial charge < -0.3 is 10.6 Å². The first-order chi connectivity index (χ1) is 11.2. The molecule has 23 heavy (non-hydrogen) atoms. The second-order valence-corrected chi connectivity index (χ2v) is 6.58. The van der Waals surface area contributed by atoms with E-state index >= 15 is 0 Å². The van der Waals surface area contributed by atoms with Crippen molar-refractivity contribution in [3.8, 4) is 0 Å². The van der Waals surface area contributed by atoms with Crippen molar-refractivity contribution >= 4 is 5.96 Å². The third kappa shape index (κ3) is 5.85. The van der Waals surface area contributed by atoms with Crippen molar-refractivity contribution in [2.45, 2.75) is 65.3 Å². The van der Waals surface area contributed by atoms with Crippen molar-refractivity contribution in [2.75, 3.05) is 13.1 Å². The largest absolute Gasteiger partial charge is 0.357 e. The van der Waals surface area contributed by atoms with Crippen LogP contribution in [0.25, 0.3) is 0 Å². The van der Waals surface area contributed by atoms with Crippen molar-refractivity contribution in [1.82, 2.24) is 15.6 Å². The Morgan fingerprint density at radius 1 is 1.26 bits per heavy atom. The summed E-state index contributed by atoms with van der Waals surface area (Å²) in [7, 11) is 0. The summed E-state index contributed by atoms with van der Waals surface area (Å²) in [5, 5.41) is 7.01. The van der Waals surface area contributed by atoms with Crippen molar-refractivity contribution < 1.29 is 0 Å².